The number of halogens is 2. The number of benzene rings is 3. The van der Waals surface area contributed by atoms with Crippen molar-refractivity contribution in [3.05, 3.63) is 97.5 Å². The van der Waals surface area contributed by atoms with Gasteiger partial charge >= 0.3 is 0 Å². The average molecular weight is 447 g/mol. The molecule has 7 heteroatoms. The maximum Gasteiger partial charge on any atom is 0.269 e. The minimum atomic E-state index is -0.409. The Labute approximate surface area is 170 Å². The molecule has 2 N–H and O–H groups in total. The summed E-state index contributed by atoms with van der Waals surface area (Å²) in [6, 6.07) is 20.3. The highest BCUT2D eigenvalue weighted by Crippen LogP contribution is 2.26. The fraction of sp³-hybridized carbons (Fsp3) is 0.100. The van der Waals surface area contributed by atoms with Crippen molar-refractivity contribution in [2.75, 3.05) is 10.6 Å². The van der Waals surface area contributed by atoms with E-state index in [1.165, 1.54) is 17.7 Å². The molecule has 0 atom stereocenters. The summed E-state index contributed by atoms with van der Waals surface area (Å²) in [6.07, 6.45) is 0. The van der Waals surface area contributed by atoms with Gasteiger partial charge in [0.05, 0.1) is 15.6 Å². The summed E-state index contributed by atoms with van der Waals surface area (Å²) in [6.45, 7) is 1.24. The summed E-state index contributed by atoms with van der Waals surface area (Å²) in [5.74, 6) is 0. The molecule has 0 heterocycles. The van der Waals surface area contributed by atoms with Crippen LogP contribution in [0.25, 0.3) is 0 Å². The first-order valence-corrected chi connectivity index (χ1v) is 9.43. The van der Waals surface area contributed by atoms with Crippen molar-refractivity contribution in [1.29, 1.82) is 0 Å². The predicted octanol–water partition coefficient (Wildman–Crippen LogP) is 6.23. The van der Waals surface area contributed by atoms with Crippen LogP contribution in [0.2, 0.25) is 5.02 Å². The lowest BCUT2D eigenvalue weighted by atomic mass is 10.2. The SMILES string of the molecule is O=[N+]([O-])c1ccc(CNc2ccc(NCc3ccc(Br)cc3)cc2Cl)cc1. The summed E-state index contributed by atoms with van der Waals surface area (Å²) >= 11 is 9.79. The third kappa shape index (κ3) is 5.45. The van der Waals surface area contributed by atoms with Gasteiger partial charge in [0.15, 0.2) is 0 Å². The molecule has 0 saturated heterocycles. The predicted molar refractivity (Wildman–Crippen MR) is 113 cm³/mol. The molecule has 0 amide bonds. The van der Waals surface area contributed by atoms with E-state index in [0.29, 0.717) is 18.1 Å². The smallest absolute Gasteiger partial charge is 0.269 e. The Bertz CT molecular complexity index is 931. The van der Waals surface area contributed by atoms with Crippen molar-refractivity contribution < 1.29 is 4.92 Å². The lowest BCUT2D eigenvalue weighted by Gasteiger charge is -2.12. The molecule has 0 bridgehead atoms. The van der Waals surface area contributed by atoms with Crippen LogP contribution >= 0.6 is 27.5 Å². The largest absolute Gasteiger partial charge is 0.381 e. The van der Waals surface area contributed by atoms with E-state index < -0.39 is 4.92 Å². The topological polar surface area (TPSA) is 67.2 Å². The molecule has 138 valence electrons. The van der Waals surface area contributed by atoms with Crippen LogP contribution in [0.1, 0.15) is 11.1 Å². The van der Waals surface area contributed by atoms with Crippen LogP contribution in [0, 0.1) is 10.1 Å². The van der Waals surface area contributed by atoms with Gasteiger partial charge in [0.1, 0.15) is 0 Å². The highest BCUT2D eigenvalue weighted by atomic mass is 79.9. The molecule has 3 aromatic rings. The summed E-state index contributed by atoms with van der Waals surface area (Å²) in [5.41, 5.74) is 3.94. The van der Waals surface area contributed by atoms with Gasteiger partial charge in [-0.1, -0.05) is 51.8 Å². The van der Waals surface area contributed by atoms with Crippen LogP contribution in [0.15, 0.2) is 71.2 Å². The molecule has 0 fully saturated rings. The van der Waals surface area contributed by atoms with Gasteiger partial charge < -0.3 is 10.6 Å². The number of nitro groups is 1. The summed E-state index contributed by atoms with van der Waals surface area (Å²) in [4.78, 5) is 10.3. The maximum atomic E-state index is 10.7. The first-order valence-electron chi connectivity index (χ1n) is 8.26. The second-order valence-corrected chi connectivity index (χ2v) is 7.27. The van der Waals surface area contributed by atoms with Gasteiger partial charge in [-0.25, -0.2) is 0 Å². The maximum absolute atomic E-state index is 10.7. The summed E-state index contributed by atoms with van der Waals surface area (Å²) in [5, 5.41) is 17.9. The van der Waals surface area contributed by atoms with E-state index in [2.05, 4.69) is 38.7 Å². The second kappa shape index (κ2) is 8.88. The van der Waals surface area contributed by atoms with Crippen LogP contribution < -0.4 is 10.6 Å². The van der Waals surface area contributed by atoms with Crippen LogP contribution in [0.5, 0.6) is 0 Å². The van der Waals surface area contributed by atoms with Crippen molar-refractivity contribution in [2.45, 2.75) is 13.1 Å². The quantitative estimate of drug-likeness (QED) is 0.333. The van der Waals surface area contributed by atoms with E-state index in [4.69, 9.17) is 11.6 Å². The van der Waals surface area contributed by atoms with Gasteiger partial charge in [-0.3, -0.25) is 10.1 Å². The zero-order chi connectivity index (χ0) is 19.2. The van der Waals surface area contributed by atoms with Crippen LogP contribution in [0.3, 0.4) is 0 Å². The molecule has 0 aliphatic rings. The third-order valence-corrected chi connectivity index (χ3v) is 4.85. The lowest BCUT2D eigenvalue weighted by Crippen LogP contribution is -2.02. The molecular formula is C20H17BrClN3O2. The Kier molecular flexibility index (Phi) is 6.32. The number of non-ortho nitro benzene ring substituents is 1. The summed E-state index contributed by atoms with van der Waals surface area (Å²) < 4.78 is 1.05. The number of nitro benzene ring substituents is 1. The molecule has 3 aromatic carbocycles. The number of nitrogens with zero attached hydrogens (tertiary/aromatic N) is 1. The van der Waals surface area contributed by atoms with E-state index in [1.807, 2.05) is 30.3 Å². The van der Waals surface area contributed by atoms with Crippen molar-refractivity contribution in [3.63, 3.8) is 0 Å². The van der Waals surface area contributed by atoms with E-state index in [9.17, 15) is 10.1 Å². The molecule has 0 aliphatic carbocycles. The molecular weight excluding hydrogens is 430 g/mol. The Morgan fingerprint density at radius 1 is 0.889 bits per heavy atom. The van der Waals surface area contributed by atoms with Crippen molar-refractivity contribution in [2.24, 2.45) is 0 Å². The fourth-order valence-corrected chi connectivity index (χ4v) is 3.02. The van der Waals surface area contributed by atoms with Crippen molar-refractivity contribution >= 4 is 44.6 Å². The number of anilines is 2. The molecule has 5 nitrogen and oxygen atoms in total. The lowest BCUT2D eigenvalue weighted by molar-refractivity contribution is -0.384. The van der Waals surface area contributed by atoms with Gasteiger partial charge in [0, 0.05) is 35.4 Å². The van der Waals surface area contributed by atoms with E-state index >= 15 is 0 Å². The number of hydrogen-bond acceptors (Lipinski definition) is 4. The molecule has 0 aliphatic heterocycles. The Morgan fingerprint density at radius 2 is 1.48 bits per heavy atom. The van der Waals surface area contributed by atoms with Gasteiger partial charge in [0.2, 0.25) is 0 Å². The number of hydrogen-bond donors (Lipinski definition) is 2. The van der Waals surface area contributed by atoms with Gasteiger partial charge in [-0.15, -0.1) is 0 Å². The molecule has 0 unspecified atom stereocenters. The standard InChI is InChI=1S/C20H17BrClN3O2/c21-16-5-1-14(2-6-16)12-23-17-7-10-20(19(22)11-17)24-13-15-3-8-18(9-4-15)25(26)27/h1-11,23-24H,12-13H2. The Hall–Kier alpha value is -2.57. The van der Waals surface area contributed by atoms with Crippen molar-refractivity contribution in [3.8, 4) is 0 Å². The van der Waals surface area contributed by atoms with Gasteiger partial charge in [-0.05, 0) is 41.5 Å². The van der Waals surface area contributed by atoms with Crippen molar-refractivity contribution in [1.82, 2.24) is 0 Å². The highest BCUT2D eigenvalue weighted by Gasteiger charge is 2.05. The zero-order valence-corrected chi connectivity index (χ0v) is 16.6. The molecule has 3 rings (SSSR count). The monoisotopic (exact) mass is 445 g/mol. The number of nitrogens with one attached hydrogen (secondary N) is 2. The molecule has 27 heavy (non-hydrogen) atoms. The normalized spacial score (nSPS) is 10.4. The van der Waals surface area contributed by atoms with E-state index in [1.54, 1.807) is 12.1 Å². The van der Waals surface area contributed by atoms with Crippen LogP contribution in [-0.4, -0.2) is 4.92 Å². The highest BCUT2D eigenvalue weighted by molar-refractivity contribution is 9.10. The third-order valence-electron chi connectivity index (χ3n) is 4.01. The first kappa shape index (κ1) is 19.2. The number of rotatable bonds is 7. The average Bonchev–Trinajstić information content (AvgIpc) is 2.67. The molecule has 0 aromatic heterocycles. The van der Waals surface area contributed by atoms with Gasteiger partial charge in [-0.2, -0.15) is 0 Å². The molecule has 0 radical (unpaired) electrons. The second-order valence-electron chi connectivity index (χ2n) is 5.95. The molecule has 0 spiro atoms. The van der Waals surface area contributed by atoms with Crippen LogP contribution in [-0.2, 0) is 13.1 Å². The first-order chi connectivity index (χ1) is 13.0. The van der Waals surface area contributed by atoms with Gasteiger partial charge in [0.25, 0.3) is 5.69 Å². The minimum absolute atomic E-state index is 0.0815. The Balaban J connectivity index is 1.57. The van der Waals surface area contributed by atoms with Crippen LogP contribution in [0.4, 0.5) is 17.1 Å². The van der Waals surface area contributed by atoms with E-state index in [0.717, 1.165) is 21.4 Å². The Morgan fingerprint density at radius 3 is 2.07 bits per heavy atom. The summed E-state index contributed by atoms with van der Waals surface area (Å²) in [7, 11) is 0. The fourth-order valence-electron chi connectivity index (χ4n) is 2.51. The molecule has 0 saturated carbocycles. The minimum Gasteiger partial charge on any atom is -0.381 e. The zero-order valence-electron chi connectivity index (χ0n) is 14.3. The van der Waals surface area contributed by atoms with E-state index in [-0.39, 0.29) is 5.69 Å².